The van der Waals surface area contributed by atoms with Crippen LogP contribution in [0, 0.1) is 0 Å². The second-order valence-electron chi connectivity index (χ2n) is 4.24. The molecular formula is C15H12N4O. The van der Waals surface area contributed by atoms with Gasteiger partial charge in [-0.05, 0) is 24.3 Å². The third-order valence-electron chi connectivity index (χ3n) is 2.87. The fourth-order valence-electron chi connectivity index (χ4n) is 1.92. The van der Waals surface area contributed by atoms with Crippen molar-refractivity contribution < 1.29 is 4.79 Å². The van der Waals surface area contributed by atoms with Crippen molar-refractivity contribution in [3.63, 3.8) is 0 Å². The molecule has 0 saturated heterocycles. The number of nitrogens with zero attached hydrogens (tertiary/aromatic N) is 2. The minimum absolute atomic E-state index is 0.241. The zero-order chi connectivity index (χ0) is 13.9. The van der Waals surface area contributed by atoms with E-state index in [1.807, 2.05) is 30.3 Å². The lowest BCUT2D eigenvalue weighted by Gasteiger charge is -2.05. The van der Waals surface area contributed by atoms with Gasteiger partial charge < -0.3 is 10.3 Å². The third-order valence-corrected chi connectivity index (χ3v) is 2.87. The molecule has 3 aromatic rings. The Balaban J connectivity index is 1.98. The van der Waals surface area contributed by atoms with E-state index in [-0.39, 0.29) is 5.91 Å². The van der Waals surface area contributed by atoms with Gasteiger partial charge in [-0.1, -0.05) is 18.7 Å². The van der Waals surface area contributed by atoms with Crippen molar-refractivity contribution in [2.24, 2.45) is 0 Å². The Morgan fingerprint density at radius 2 is 2.25 bits per heavy atom. The highest BCUT2D eigenvalue weighted by Gasteiger charge is 2.05. The number of hydrogen-bond acceptors (Lipinski definition) is 3. The fraction of sp³-hybridized carbons (Fsp3) is 0. The molecule has 3 rings (SSSR count). The number of aromatic nitrogens is 3. The number of anilines is 1. The van der Waals surface area contributed by atoms with E-state index < -0.39 is 0 Å². The van der Waals surface area contributed by atoms with Gasteiger partial charge in [0.15, 0.2) is 5.65 Å². The van der Waals surface area contributed by atoms with Gasteiger partial charge in [0.1, 0.15) is 5.52 Å². The van der Waals surface area contributed by atoms with Crippen LogP contribution < -0.4 is 5.32 Å². The number of benzene rings is 1. The van der Waals surface area contributed by atoms with Crippen LogP contribution in [0.2, 0.25) is 0 Å². The van der Waals surface area contributed by atoms with Crippen LogP contribution in [0.1, 0.15) is 0 Å². The summed E-state index contributed by atoms with van der Waals surface area (Å²) in [5.74, 6) is -0.241. The smallest absolute Gasteiger partial charge is 0.247 e. The molecule has 0 aliphatic rings. The SMILES string of the molecule is C=CC(=O)Nc1cccc(-c2cnc3[nH]ccc3n2)c1. The monoisotopic (exact) mass is 264 g/mol. The highest BCUT2D eigenvalue weighted by Crippen LogP contribution is 2.21. The Bertz CT molecular complexity index is 791. The standard InChI is InChI=1S/C15H12N4O/c1-2-14(20)18-11-5-3-4-10(8-11)13-9-17-15-12(19-13)6-7-16-15/h2-9H,1H2,(H,16,17)(H,18,20). The van der Waals surface area contributed by atoms with Crippen LogP contribution in [-0.4, -0.2) is 20.9 Å². The Labute approximate surface area is 115 Å². The highest BCUT2D eigenvalue weighted by molar-refractivity contribution is 5.99. The first-order chi connectivity index (χ1) is 9.76. The van der Waals surface area contributed by atoms with E-state index in [0.29, 0.717) is 5.69 Å². The van der Waals surface area contributed by atoms with Crippen molar-refractivity contribution in [3.05, 3.63) is 55.4 Å². The maximum atomic E-state index is 11.3. The molecule has 0 aliphatic heterocycles. The molecule has 0 bridgehead atoms. The van der Waals surface area contributed by atoms with Crippen molar-refractivity contribution in [2.75, 3.05) is 5.32 Å². The van der Waals surface area contributed by atoms with Gasteiger partial charge in [0.25, 0.3) is 0 Å². The van der Waals surface area contributed by atoms with Crippen molar-refractivity contribution in [1.82, 2.24) is 15.0 Å². The molecule has 0 atom stereocenters. The van der Waals surface area contributed by atoms with Gasteiger partial charge in [-0.25, -0.2) is 9.97 Å². The molecule has 1 aromatic carbocycles. The van der Waals surface area contributed by atoms with E-state index in [4.69, 9.17) is 0 Å². The molecule has 0 spiro atoms. The van der Waals surface area contributed by atoms with Crippen molar-refractivity contribution in [3.8, 4) is 11.3 Å². The molecule has 2 aromatic heterocycles. The van der Waals surface area contributed by atoms with E-state index in [2.05, 4.69) is 26.8 Å². The average Bonchev–Trinajstić information content (AvgIpc) is 2.94. The van der Waals surface area contributed by atoms with Gasteiger partial charge in [0.05, 0.1) is 11.9 Å². The summed E-state index contributed by atoms with van der Waals surface area (Å²) in [6.07, 6.45) is 4.74. The molecule has 20 heavy (non-hydrogen) atoms. The number of amides is 1. The van der Waals surface area contributed by atoms with Crippen LogP contribution in [0.4, 0.5) is 5.69 Å². The molecule has 0 unspecified atom stereocenters. The maximum Gasteiger partial charge on any atom is 0.247 e. The first-order valence-electron chi connectivity index (χ1n) is 6.10. The van der Waals surface area contributed by atoms with Crippen LogP contribution in [0.5, 0.6) is 0 Å². The maximum absolute atomic E-state index is 11.3. The number of hydrogen-bond donors (Lipinski definition) is 2. The van der Waals surface area contributed by atoms with Crippen molar-refractivity contribution in [1.29, 1.82) is 0 Å². The number of carbonyl (C=O) groups excluding carboxylic acids is 1. The topological polar surface area (TPSA) is 70.7 Å². The molecule has 0 saturated carbocycles. The van der Waals surface area contributed by atoms with Gasteiger partial charge in [-0.15, -0.1) is 0 Å². The largest absolute Gasteiger partial charge is 0.345 e. The molecule has 0 fully saturated rings. The van der Waals surface area contributed by atoms with Crippen LogP contribution in [0.3, 0.4) is 0 Å². The first kappa shape index (κ1) is 12.1. The van der Waals surface area contributed by atoms with E-state index in [1.54, 1.807) is 12.4 Å². The minimum Gasteiger partial charge on any atom is -0.345 e. The predicted molar refractivity (Wildman–Crippen MR) is 78.2 cm³/mol. The number of H-pyrrole nitrogens is 1. The normalized spacial score (nSPS) is 10.4. The molecule has 5 heteroatoms. The Kier molecular flexibility index (Phi) is 3.01. The second kappa shape index (κ2) is 4.97. The quantitative estimate of drug-likeness (QED) is 0.714. The summed E-state index contributed by atoms with van der Waals surface area (Å²) >= 11 is 0. The zero-order valence-electron chi connectivity index (χ0n) is 10.6. The van der Waals surface area contributed by atoms with Gasteiger partial charge in [0.2, 0.25) is 5.91 Å². The summed E-state index contributed by atoms with van der Waals surface area (Å²) in [5.41, 5.74) is 3.91. The molecular weight excluding hydrogens is 252 g/mol. The number of carbonyl (C=O) groups is 1. The first-order valence-corrected chi connectivity index (χ1v) is 6.10. The summed E-state index contributed by atoms with van der Waals surface area (Å²) in [6.45, 7) is 3.43. The highest BCUT2D eigenvalue weighted by atomic mass is 16.1. The average molecular weight is 264 g/mol. The number of fused-ring (bicyclic) bond motifs is 1. The van der Waals surface area contributed by atoms with Crippen LogP contribution in [0.25, 0.3) is 22.4 Å². The van der Waals surface area contributed by atoms with E-state index in [0.717, 1.165) is 22.4 Å². The summed E-state index contributed by atoms with van der Waals surface area (Å²) < 4.78 is 0. The Morgan fingerprint density at radius 1 is 1.35 bits per heavy atom. The lowest BCUT2D eigenvalue weighted by Crippen LogP contribution is -2.07. The van der Waals surface area contributed by atoms with Crippen molar-refractivity contribution in [2.45, 2.75) is 0 Å². The van der Waals surface area contributed by atoms with E-state index >= 15 is 0 Å². The molecule has 98 valence electrons. The Morgan fingerprint density at radius 3 is 3.10 bits per heavy atom. The number of nitrogens with one attached hydrogen (secondary N) is 2. The Hall–Kier alpha value is -2.95. The minimum atomic E-state index is -0.241. The second-order valence-corrected chi connectivity index (χ2v) is 4.24. The number of rotatable bonds is 3. The molecule has 2 heterocycles. The van der Waals surface area contributed by atoms with E-state index in [1.165, 1.54) is 6.08 Å². The lowest BCUT2D eigenvalue weighted by atomic mass is 10.1. The van der Waals surface area contributed by atoms with Gasteiger partial charge >= 0.3 is 0 Å². The zero-order valence-corrected chi connectivity index (χ0v) is 10.6. The lowest BCUT2D eigenvalue weighted by molar-refractivity contribution is -0.111. The van der Waals surface area contributed by atoms with Crippen molar-refractivity contribution >= 4 is 22.8 Å². The molecule has 0 radical (unpaired) electrons. The van der Waals surface area contributed by atoms with E-state index in [9.17, 15) is 4.79 Å². The van der Waals surface area contributed by atoms with Crippen LogP contribution in [0.15, 0.2) is 55.4 Å². The summed E-state index contributed by atoms with van der Waals surface area (Å²) in [5, 5.41) is 2.72. The molecule has 2 N–H and O–H groups in total. The summed E-state index contributed by atoms with van der Waals surface area (Å²) in [4.78, 5) is 23.1. The van der Waals surface area contributed by atoms with Crippen LogP contribution >= 0.6 is 0 Å². The van der Waals surface area contributed by atoms with Gasteiger partial charge in [-0.3, -0.25) is 4.79 Å². The van der Waals surface area contributed by atoms with Gasteiger partial charge in [-0.2, -0.15) is 0 Å². The number of aromatic amines is 1. The molecule has 0 aliphatic carbocycles. The van der Waals surface area contributed by atoms with Gasteiger partial charge in [0, 0.05) is 17.4 Å². The predicted octanol–water partition coefficient (Wildman–Crippen LogP) is 2.75. The van der Waals surface area contributed by atoms with Crippen LogP contribution in [-0.2, 0) is 4.79 Å². The molecule has 1 amide bonds. The summed E-state index contributed by atoms with van der Waals surface area (Å²) in [6, 6.07) is 9.31. The summed E-state index contributed by atoms with van der Waals surface area (Å²) in [7, 11) is 0. The third kappa shape index (κ3) is 2.29. The fourth-order valence-corrected chi connectivity index (χ4v) is 1.92. The molecule has 5 nitrogen and oxygen atoms in total.